The molecule has 4 nitrogen and oxygen atoms in total. The highest BCUT2D eigenvalue weighted by atomic mass is 19.1. The monoisotopic (exact) mass is 253 g/mol. The van der Waals surface area contributed by atoms with Crippen molar-refractivity contribution in [2.75, 3.05) is 13.1 Å². The van der Waals surface area contributed by atoms with E-state index in [0.717, 1.165) is 5.56 Å². The van der Waals surface area contributed by atoms with E-state index in [2.05, 4.69) is 5.10 Å². The summed E-state index contributed by atoms with van der Waals surface area (Å²) in [6, 6.07) is -0.241. The standard InChI is InChI=1S/C13H20FN3O/c1-9(2)13(18)16-5-4-12(11(14)8-16)17-7-10(3)6-15-17/h6-7,9,11-12H,4-5,8H2,1-3H3/t11-,12-/m0/s1. The molecule has 1 aromatic heterocycles. The minimum atomic E-state index is -1.04. The molecule has 1 aliphatic heterocycles. The molecule has 0 spiro atoms. The molecule has 0 bridgehead atoms. The SMILES string of the molecule is Cc1cnn([C@H]2CCN(C(=O)C(C)C)C[C@@H]2F)c1. The normalized spacial score (nSPS) is 24.6. The predicted octanol–water partition coefficient (Wildman–Crippen LogP) is 1.96. The van der Waals surface area contributed by atoms with Gasteiger partial charge < -0.3 is 4.90 Å². The number of rotatable bonds is 2. The molecule has 100 valence electrons. The number of piperidine rings is 1. The Morgan fingerprint density at radius 1 is 1.56 bits per heavy atom. The smallest absolute Gasteiger partial charge is 0.225 e. The molecule has 0 unspecified atom stereocenters. The largest absolute Gasteiger partial charge is 0.339 e. The fourth-order valence-corrected chi connectivity index (χ4v) is 2.37. The van der Waals surface area contributed by atoms with Crippen LogP contribution < -0.4 is 0 Å². The van der Waals surface area contributed by atoms with Gasteiger partial charge in [0, 0.05) is 18.7 Å². The van der Waals surface area contributed by atoms with Crippen molar-refractivity contribution in [3.05, 3.63) is 18.0 Å². The third-order valence-electron chi connectivity index (χ3n) is 3.38. The molecular weight excluding hydrogens is 233 g/mol. The highest BCUT2D eigenvalue weighted by Crippen LogP contribution is 2.26. The lowest BCUT2D eigenvalue weighted by atomic mass is 10.0. The molecule has 5 heteroatoms. The summed E-state index contributed by atoms with van der Waals surface area (Å²) in [6.45, 7) is 6.42. The van der Waals surface area contributed by atoms with Gasteiger partial charge in [-0.2, -0.15) is 5.10 Å². The van der Waals surface area contributed by atoms with Gasteiger partial charge in [0.15, 0.2) is 0 Å². The first-order valence-corrected chi connectivity index (χ1v) is 6.42. The second-order valence-electron chi connectivity index (χ2n) is 5.31. The molecular formula is C13H20FN3O. The lowest BCUT2D eigenvalue weighted by Crippen LogP contribution is -2.47. The number of aryl methyl sites for hydroxylation is 1. The summed E-state index contributed by atoms with van der Waals surface area (Å²) >= 11 is 0. The van der Waals surface area contributed by atoms with Crippen LogP contribution in [-0.4, -0.2) is 39.8 Å². The zero-order valence-corrected chi connectivity index (χ0v) is 11.1. The van der Waals surface area contributed by atoms with E-state index in [1.807, 2.05) is 27.0 Å². The van der Waals surface area contributed by atoms with Gasteiger partial charge in [0.05, 0.1) is 18.8 Å². The van der Waals surface area contributed by atoms with Crippen molar-refractivity contribution in [2.45, 2.75) is 39.4 Å². The third kappa shape index (κ3) is 2.54. The van der Waals surface area contributed by atoms with Crippen molar-refractivity contribution in [1.82, 2.24) is 14.7 Å². The van der Waals surface area contributed by atoms with Gasteiger partial charge in [0.25, 0.3) is 0 Å². The molecule has 0 radical (unpaired) electrons. The van der Waals surface area contributed by atoms with Crippen molar-refractivity contribution < 1.29 is 9.18 Å². The Balaban J connectivity index is 2.03. The first-order valence-electron chi connectivity index (χ1n) is 6.42. The predicted molar refractivity (Wildman–Crippen MR) is 66.9 cm³/mol. The van der Waals surface area contributed by atoms with Crippen molar-refractivity contribution in [3.63, 3.8) is 0 Å². The van der Waals surface area contributed by atoms with Crippen LogP contribution in [0.3, 0.4) is 0 Å². The number of carbonyl (C=O) groups excluding carboxylic acids is 1. The van der Waals surface area contributed by atoms with E-state index in [-0.39, 0.29) is 24.4 Å². The number of hydrogen-bond donors (Lipinski definition) is 0. The van der Waals surface area contributed by atoms with Crippen molar-refractivity contribution >= 4 is 5.91 Å². The summed E-state index contributed by atoms with van der Waals surface area (Å²) in [4.78, 5) is 13.5. The van der Waals surface area contributed by atoms with Crippen LogP contribution in [-0.2, 0) is 4.79 Å². The number of halogens is 1. The maximum Gasteiger partial charge on any atom is 0.225 e. The van der Waals surface area contributed by atoms with Crippen molar-refractivity contribution in [2.24, 2.45) is 5.92 Å². The lowest BCUT2D eigenvalue weighted by Gasteiger charge is -2.35. The van der Waals surface area contributed by atoms with Gasteiger partial charge in [-0.3, -0.25) is 9.48 Å². The summed E-state index contributed by atoms with van der Waals surface area (Å²) in [5, 5.41) is 4.17. The zero-order valence-electron chi connectivity index (χ0n) is 11.1. The minimum absolute atomic E-state index is 0.0349. The molecule has 1 fully saturated rings. The van der Waals surface area contributed by atoms with Crippen LogP contribution in [0.2, 0.25) is 0 Å². The van der Waals surface area contributed by atoms with Crippen molar-refractivity contribution in [3.8, 4) is 0 Å². The molecule has 0 aliphatic carbocycles. The van der Waals surface area contributed by atoms with Crippen LogP contribution in [0.25, 0.3) is 0 Å². The van der Waals surface area contributed by atoms with Gasteiger partial charge in [0.1, 0.15) is 6.17 Å². The van der Waals surface area contributed by atoms with E-state index in [9.17, 15) is 9.18 Å². The van der Waals surface area contributed by atoms with Crippen LogP contribution in [0.4, 0.5) is 4.39 Å². The molecule has 1 amide bonds. The number of aromatic nitrogens is 2. The Morgan fingerprint density at radius 3 is 2.78 bits per heavy atom. The van der Waals surface area contributed by atoms with Crippen LogP contribution in [0, 0.1) is 12.8 Å². The highest BCUT2D eigenvalue weighted by molar-refractivity contribution is 5.78. The summed E-state index contributed by atoms with van der Waals surface area (Å²) in [5.41, 5.74) is 1.03. The van der Waals surface area contributed by atoms with Gasteiger partial charge in [-0.1, -0.05) is 13.8 Å². The summed E-state index contributed by atoms with van der Waals surface area (Å²) in [6.07, 6.45) is 3.18. The Hall–Kier alpha value is -1.39. The Labute approximate surface area is 107 Å². The van der Waals surface area contributed by atoms with E-state index in [0.29, 0.717) is 13.0 Å². The number of alkyl halides is 1. The van der Waals surface area contributed by atoms with E-state index in [1.54, 1.807) is 15.8 Å². The van der Waals surface area contributed by atoms with Crippen LogP contribution in [0.1, 0.15) is 31.9 Å². The fourth-order valence-electron chi connectivity index (χ4n) is 2.37. The van der Waals surface area contributed by atoms with Gasteiger partial charge in [0.2, 0.25) is 5.91 Å². The zero-order chi connectivity index (χ0) is 13.3. The second kappa shape index (κ2) is 5.08. The average Bonchev–Trinajstić information content (AvgIpc) is 2.74. The van der Waals surface area contributed by atoms with E-state index in [1.165, 1.54) is 0 Å². The maximum atomic E-state index is 14.2. The first kappa shape index (κ1) is 13.1. The molecule has 1 aromatic rings. The quantitative estimate of drug-likeness (QED) is 0.808. The third-order valence-corrected chi connectivity index (χ3v) is 3.38. The van der Waals surface area contributed by atoms with Gasteiger partial charge in [-0.15, -0.1) is 0 Å². The number of likely N-dealkylation sites (tertiary alicyclic amines) is 1. The second-order valence-corrected chi connectivity index (χ2v) is 5.31. The molecule has 2 rings (SSSR count). The minimum Gasteiger partial charge on any atom is -0.339 e. The fraction of sp³-hybridized carbons (Fsp3) is 0.692. The van der Waals surface area contributed by atoms with Gasteiger partial charge in [-0.25, -0.2) is 4.39 Å². The van der Waals surface area contributed by atoms with Crippen LogP contribution >= 0.6 is 0 Å². The summed E-state index contributed by atoms with van der Waals surface area (Å²) in [7, 11) is 0. The summed E-state index contributed by atoms with van der Waals surface area (Å²) < 4.78 is 15.9. The Morgan fingerprint density at radius 2 is 2.28 bits per heavy atom. The molecule has 1 aliphatic rings. The number of amides is 1. The topological polar surface area (TPSA) is 38.1 Å². The number of hydrogen-bond acceptors (Lipinski definition) is 2. The molecule has 0 N–H and O–H groups in total. The summed E-state index contributed by atoms with van der Waals surface area (Å²) in [5.74, 6) is -0.0338. The van der Waals surface area contributed by atoms with E-state index in [4.69, 9.17) is 0 Å². The van der Waals surface area contributed by atoms with Gasteiger partial charge in [-0.05, 0) is 18.9 Å². The molecule has 1 saturated heterocycles. The lowest BCUT2D eigenvalue weighted by molar-refractivity contribution is -0.137. The average molecular weight is 253 g/mol. The first-order chi connectivity index (χ1) is 8.49. The van der Waals surface area contributed by atoms with E-state index < -0.39 is 6.17 Å². The Bertz CT molecular complexity index is 430. The highest BCUT2D eigenvalue weighted by Gasteiger charge is 2.33. The molecule has 0 saturated carbocycles. The molecule has 2 heterocycles. The van der Waals surface area contributed by atoms with Crippen LogP contribution in [0.15, 0.2) is 12.4 Å². The molecule has 18 heavy (non-hydrogen) atoms. The van der Waals surface area contributed by atoms with Crippen molar-refractivity contribution in [1.29, 1.82) is 0 Å². The molecule has 0 aromatic carbocycles. The maximum absolute atomic E-state index is 14.2. The number of nitrogens with zero attached hydrogens (tertiary/aromatic N) is 3. The molecule has 2 atom stereocenters. The van der Waals surface area contributed by atoms with E-state index >= 15 is 0 Å². The Kier molecular flexibility index (Phi) is 3.68. The number of carbonyl (C=O) groups is 1. The van der Waals surface area contributed by atoms with Gasteiger partial charge >= 0.3 is 0 Å². The van der Waals surface area contributed by atoms with Crippen LogP contribution in [0.5, 0.6) is 0 Å².